The van der Waals surface area contributed by atoms with Crippen molar-refractivity contribution >= 4 is 0 Å². The average molecular weight is 786 g/mol. The monoisotopic (exact) mass is 782 g/mol. The van der Waals surface area contributed by atoms with Crippen LogP contribution < -0.4 is 116 Å². The predicted octanol–water partition coefficient (Wildman–Crippen LogP) is -15.6. The Morgan fingerprint density at radius 3 is 0.947 bits per heavy atom. The summed E-state index contributed by atoms with van der Waals surface area (Å²) in [7, 11) is 0. The number of rotatable bonds is 6. The largest absolute Gasteiger partial charge is 1.00 e. The smallest absolute Gasteiger partial charge is 1.00 e. The minimum absolute atomic E-state index is 0. The topological polar surface area (TPSA) is 46.2 Å². The van der Waals surface area contributed by atoms with E-state index in [1.807, 2.05) is 0 Å². The van der Waals surface area contributed by atoms with E-state index in [4.69, 9.17) is 0 Å². The minimum Gasteiger partial charge on any atom is -1.00 e. The number of halogens is 4. The molecule has 0 atom stereocenters. The molecule has 4 N–H and O–H groups in total. The van der Waals surface area contributed by atoms with Gasteiger partial charge in [0, 0.05) is 35.9 Å². The number of nitrogens with two attached hydrogens (primary N) is 2. The first kappa shape index (κ1) is 52.4. The third-order valence-corrected chi connectivity index (χ3v) is 5.65. The molecule has 38 heavy (non-hydrogen) atoms. The van der Waals surface area contributed by atoms with Gasteiger partial charge in [-0.3, -0.25) is 0 Å². The van der Waals surface area contributed by atoms with Crippen molar-refractivity contribution in [3.05, 3.63) is 24.8 Å². The van der Waals surface area contributed by atoms with Crippen LogP contribution in [0.25, 0.3) is 0 Å². The van der Waals surface area contributed by atoms with Gasteiger partial charge >= 0.3 is 37.7 Å². The van der Waals surface area contributed by atoms with E-state index in [0.717, 1.165) is 39.5 Å². The Morgan fingerprint density at radius 1 is 0.500 bits per heavy atom. The van der Waals surface area contributed by atoms with E-state index < -0.39 is 0 Å². The molecule has 220 valence electrons. The Labute approximate surface area is 302 Å². The molecule has 2 aliphatic rings. The summed E-state index contributed by atoms with van der Waals surface area (Å²) < 4.78 is 0. The number of nitrogens with zero attached hydrogens (tertiary/aromatic N) is 4. The molecular formula is C26H56Br4Li2N6. The van der Waals surface area contributed by atoms with Crippen LogP contribution in [0, 0.1) is 0 Å². The quantitative estimate of drug-likeness (QED) is 0.263. The maximum Gasteiger partial charge on any atom is 1.00 e. The van der Waals surface area contributed by atoms with Crippen LogP contribution in [0.1, 0.15) is 83.1 Å². The van der Waals surface area contributed by atoms with Crippen molar-refractivity contribution in [3.63, 3.8) is 0 Å². The van der Waals surface area contributed by atoms with Crippen molar-refractivity contribution in [1.82, 2.24) is 19.6 Å². The molecule has 0 aromatic heterocycles. The van der Waals surface area contributed by atoms with E-state index in [1.165, 1.54) is 0 Å². The third-order valence-electron chi connectivity index (χ3n) is 5.65. The molecule has 0 bridgehead atoms. The van der Waals surface area contributed by atoms with Gasteiger partial charge < -0.3 is 98.2 Å². The van der Waals surface area contributed by atoms with Crippen molar-refractivity contribution in [3.8, 4) is 0 Å². The summed E-state index contributed by atoms with van der Waals surface area (Å²) >= 11 is 0. The first-order valence-electron chi connectivity index (χ1n) is 12.4. The fourth-order valence-corrected chi connectivity index (χ4v) is 3.42. The van der Waals surface area contributed by atoms with Gasteiger partial charge in [0.15, 0.2) is 0 Å². The van der Waals surface area contributed by atoms with Gasteiger partial charge in [0.2, 0.25) is 0 Å². The molecule has 2 rings (SSSR count). The zero-order valence-electron chi connectivity index (χ0n) is 27.0. The van der Waals surface area contributed by atoms with E-state index in [1.54, 1.807) is 0 Å². The molecule has 0 fully saturated rings. The number of hydrogen-bond donors (Lipinski definition) is 2. The molecule has 0 unspecified atom stereocenters. The molecular weight excluding hydrogens is 730 g/mol. The van der Waals surface area contributed by atoms with Crippen LogP contribution >= 0.6 is 0 Å². The Hall–Kier alpha value is 1.71. The van der Waals surface area contributed by atoms with Crippen LogP contribution in [0.4, 0.5) is 0 Å². The molecule has 0 spiro atoms. The van der Waals surface area contributed by atoms with Crippen LogP contribution in [-0.2, 0) is 0 Å². The Balaban J connectivity index is -0.000000116. The van der Waals surface area contributed by atoms with Crippen LogP contribution in [0.2, 0.25) is 0 Å². The Bertz CT molecular complexity index is 573. The number of quaternary nitrogens is 2. The first-order chi connectivity index (χ1) is 14.4. The summed E-state index contributed by atoms with van der Waals surface area (Å²) in [4.78, 5) is 9.52. The molecule has 0 radical (unpaired) electrons. The van der Waals surface area contributed by atoms with Gasteiger partial charge in [0.05, 0.1) is 50.6 Å². The second-order valence-corrected chi connectivity index (χ2v) is 13.5. The molecule has 6 nitrogen and oxygen atoms in total. The SMILES string of the molecule is CC(C)(C)[NH2+]CCN1C=CN(C(C)(C)C)C1.CC(C)(C)[NH2+]CCN1C=CN(C(C)(C)C)C1.[Br-].[Br-].[Br-].[Br-].[Li+].[Li+]. The standard InChI is InChI=1S/2C13H27N3.4BrH.2Li/c2*1-12(2,3)14-7-8-15-9-10-16(11-15)13(4,5)6;;;;;;/h2*9-10,14H,7-8,11H2,1-6H3;4*1H;;/q;;;;;;2*+1/p-2. The Kier molecular flexibility index (Phi) is 30.7. The van der Waals surface area contributed by atoms with Crippen LogP contribution in [-0.4, -0.2) is 81.3 Å². The van der Waals surface area contributed by atoms with Gasteiger partial charge in [0.25, 0.3) is 0 Å². The first-order valence-corrected chi connectivity index (χ1v) is 12.4. The van der Waals surface area contributed by atoms with E-state index in [2.05, 4.69) is 138 Å². The molecule has 2 aliphatic heterocycles. The molecule has 0 aromatic carbocycles. The van der Waals surface area contributed by atoms with E-state index in [0.29, 0.717) is 11.1 Å². The summed E-state index contributed by atoms with van der Waals surface area (Å²) in [6.45, 7) is 33.7. The Morgan fingerprint density at radius 2 is 0.763 bits per heavy atom. The van der Waals surface area contributed by atoms with Crippen LogP contribution in [0.3, 0.4) is 0 Å². The van der Waals surface area contributed by atoms with E-state index in [9.17, 15) is 0 Å². The summed E-state index contributed by atoms with van der Waals surface area (Å²) in [5, 5.41) is 4.81. The van der Waals surface area contributed by atoms with Crippen LogP contribution in [0.15, 0.2) is 24.8 Å². The van der Waals surface area contributed by atoms with Crippen molar-refractivity contribution in [2.24, 2.45) is 0 Å². The summed E-state index contributed by atoms with van der Waals surface area (Å²) in [6, 6.07) is 0. The van der Waals surface area contributed by atoms with Crippen molar-refractivity contribution in [1.29, 1.82) is 0 Å². The van der Waals surface area contributed by atoms with Crippen molar-refractivity contribution in [2.45, 2.75) is 105 Å². The van der Waals surface area contributed by atoms with Gasteiger partial charge in [-0.05, 0) is 83.1 Å². The second kappa shape index (κ2) is 22.3. The zero-order valence-corrected chi connectivity index (χ0v) is 33.4. The van der Waals surface area contributed by atoms with Gasteiger partial charge in [0.1, 0.15) is 0 Å². The van der Waals surface area contributed by atoms with E-state index in [-0.39, 0.29) is 117 Å². The molecule has 0 aromatic rings. The fraction of sp³-hybridized carbons (Fsp3) is 0.846. The third kappa shape index (κ3) is 24.3. The normalized spacial score (nSPS) is 14.6. The predicted molar refractivity (Wildman–Crippen MR) is 138 cm³/mol. The zero-order chi connectivity index (χ0) is 24.8. The summed E-state index contributed by atoms with van der Waals surface area (Å²) in [5.41, 5.74) is 1.15. The maximum absolute atomic E-state index is 2.40. The minimum atomic E-state index is 0. The van der Waals surface area contributed by atoms with E-state index >= 15 is 0 Å². The van der Waals surface area contributed by atoms with Gasteiger partial charge in [-0.15, -0.1) is 0 Å². The van der Waals surface area contributed by atoms with Crippen molar-refractivity contribution in [2.75, 3.05) is 39.5 Å². The van der Waals surface area contributed by atoms with Crippen molar-refractivity contribution < 1.29 is 116 Å². The van der Waals surface area contributed by atoms with Gasteiger partial charge in [-0.2, -0.15) is 0 Å². The maximum atomic E-state index is 2.40. The molecule has 0 amide bonds. The summed E-state index contributed by atoms with van der Waals surface area (Å²) in [5.74, 6) is 0. The molecule has 0 saturated carbocycles. The molecule has 0 aliphatic carbocycles. The molecule has 2 heterocycles. The van der Waals surface area contributed by atoms with Gasteiger partial charge in [-0.1, -0.05) is 0 Å². The second-order valence-electron chi connectivity index (χ2n) is 13.5. The number of hydrogen-bond acceptors (Lipinski definition) is 4. The molecule has 0 saturated heterocycles. The summed E-state index contributed by atoms with van der Waals surface area (Å²) in [6.07, 6.45) is 8.83. The van der Waals surface area contributed by atoms with Gasteiger partial charge in [-0.25, -0.2) is 0 Å². The molecule has 12 heteroatoms. The average Bonchev–Trinajstić information content (AvgIpc) is 3.21. The fourth-order valence-electron chi connectivity index (χ4n) is 3.42. The van der Waals surface area contributed by atoms with Crippen LogP contribution in [0.5, 0.6) is 0 Å².